The number of benzene rings is 3. The molecule has 10 nitrogen and oxygen atoms in total. The summed E-state index contributed by atoms with van der Waals surface area (Å²) in [7, 11) is 0. The molecule has 1 aliphatic heterocycles. The van der Waals surface area contributed by atoms with Crippen LogP contribution in [0.4, 0.5) is 5.69 Å². The fourth-order valence-electron chi connectivity index (χ4n) is 3.21. The Morgan fingerprint density at radius 1 is 0.944 bits per heavy atom. The smallest absolute Gasteiger partial charge is 0.287 e. The maximum atomic E-state index is 12.8. The largest absolute Gasteiger partial charge is 0.454 e. The molecule has 0 saturated heterocycles. The van der Waals surface area contributed by atoms with Gasteiger partial charge in [0.05, 0.1) is 4.92 Å². The van der Waals surface area contributed by atoms with Crippen molar-refractivity contribution in [2.75, 3.05) is 6.79 Å². The number of nitro groups is 1. The molecule has 1 heterocycles. The number of nitro benzene ring substituents is 1. The van der Waals surface area contributed by atoms with Crippen molar-refractivity contribution in [2.24, 2.45) is 5.10 Å². The van der Waals surface area contributed by atoms with Crippen molar-refractivity contribution >= 4 is 35.9 Å². The van der Waals surface area contributed by atoms with Gasteiger partial charge in [0.15, 0.2) is 11.5 Å². The van der Waals surface area contributed by atoms with Gasteiger partial charge in [-0.05, 0) is 47.5 Å². The molecule has 0 atom stereocenters. The number of nitrogens with one attached hydrogen (secondary N) is 2. The quantitative estimate of drug-likeness (QED) is 0.216. The van der Waals surface area contributed by atoms with E-state index in [1.54, 1.807) is 66.7 Å². The molecule has 36 heavy (non-hydrogen) atoms. The molecule has 0 fully saturated rings. The van der Waals surface area contributed by atoms with Crippen LogP contribution >= 0.6 is 0 Å². The first-order valence-electron chi connectivity index (χ1n) is 10.7. The second-order valence-corrected chi connectivity index (χ2v) is 7.42. The van der Waals surface area contributed by atoms with Gasteiger partial charge in [-0.3, -0.25) is 19.7 Å². The van der Waals surface area contributed by atoms with E-state index in [4.69, 9.17) is 9.47 Å². The van der Waals surface area contributed by atoms with E-state index in [1.165, 1.54) is 30.5 Å². The van der Waals surface area contributed by atoms with E-state index >= 15 is 0 Å². The van der Waals surface area contributed by atoms with Crippen molar-refractivity contribution in [1.82, 2.24) is 10.7 Å². The molecule has 4 rings (SSSR count). The third-order valence-corrected chi connectivity index (χ3v) is 4.93. The fraction of sp³-hybridized carbons (Fsp3) is 0.0385. The zero-order chi connectivity index (χ0) is 25.3. The van der Waals surface area contributed by atoms with E-state index < -0.39 is 16.7 Å². The third kappa shape index (κ3) is 6.20. The van der Waals surface area contributed by atoms with Crippen molar-refractivity contribution in [1.29, 1.82) is 0 Å². The van der Waals surface area contributed by atoms with Crippen molar-refractivity contribution in [2.45, 2.75) is 0 Å². The molecule has 2 N–H and O–H groups in total. The third-order valence-electron chi connectivity index (χ3n) is 4.93. The first-order valence-corrected chi connectivity index (χ1v) is 10.7. The van der Waals surface area contributed by atoms with Crippen molar-refractivity contribution in [3.05, 3.63) is 111 Å². The van der Waals surface area contributed by atoms with Gasteiger partial charge in [-0.1, -0.05) is 42.5 Å². The molecule has 180 valence electrons. The highest BCUT2D eigenvalue weighted by Gasteiger charge is 2.16. The van der Waals surface area contributed by atoms with Crippen molar-refractivity contribution in [3.8, 4) is 11.5 Å². The number of carbonyl (C=O) groups excluding carboxylic acids is 2. The first kappa shape index (κ1) is 23.9. The average Bonchev–Trinajstić information content (AvgIpc) is 3.36. The van der Waals surface area contributed by atoms with E-state index in [1.807, 2.05) is 0 Å². The molecule has 0 radical (unpaired) electrons. The summed E-state index contributed by atoms with van der Waals surface area (Å²) >= 11 is 0. The van der Waals surface area contributed by atoms with Gasteiger partial charge in [0.1, 0.15) is 5.70 Å². The number of carbonyl (C=O) groups is 2. The SMILES string of the molecule is O=C(N/N=C\C=C\c1cccc([N+](=O)[O-])c1)/C(=C\c1ccc2c(c1)OCO2)NC(=O)c1ccccc1. The van der Waals surface area contributed by atoms with Crippen LogP contribution in [-0.2, 0) is 4.79 Å². The maximum absolute atomic E-state index is 12.8. The second-order valence-electron chi connectivity index (χ2n) is 7.42. The summed E-state index contributed by atoms with van der Waals surface area (Å²) < 4.78 is 10.7. The molecule has 1 aliphatic rings. The number of rotatable bonds is 8. The number of hydrogen-bond acceptors (Lipinski definition) is 7. The predicted molar refractivity (Wildman–Crippen MR) is 133 cm³/mol. The van der Waals surface area contributed by atoms with Crippen LogP contribution in [0.5, 0.6) is 11.5 Å². The summed E-state index contributed by atoms with van der Waals surface area (Å²) in [6, 6.07) is 19.7. The van der Waals surface area contributed by atoms with Gasteiger partial charge in [-0.15, -0.1) is 0 Å². The Bertz CT molecular complexity index is 1380. The molecule has 0 saturated carbocycles. The average molecular weight is 484 g/mol. The molecule has 10 heteroatoms. The molecule has 0 spiro atoms. The van der Waals surface area contributed by atoms with E-state index in [2.05, 4.69) is 15.8 Å². The molecule has 0 unspecified atom stereocenters. The van der Waals surface area contributed by atoms with Gasteiger partial charge >= 0.3 is 0 Å². The lowest BCUT2D eigenvalue weighted by atomic mass is 10.1. The summed E-state index contributed by atoms with van der Waals surface area (Å²) in [6.45, 7) is 0.110. The van der Waals surface area contributed by atoms with Crippen LogP contribution in [0.25, 0.3) is 12.2 Å². The van der Waals surface area contributed by atoms with E-state index in [0.717, 1.165) is 0 Å². The lowest BCUT2D eigenvalue weighted by molar-refractivity contribution is -0.384. The highest BCUT2D eigenvalue weighted by atomic mass is 16.7. The molecule has 0 bridgehead atoms. The van der Waals surface area contributed by atoms with E-state index in [0.29, 0.717) is 28.2 Å². The van der Waals surface area contributed by atoms with E-state index in [9.17, 15) is 19.7 Å². The number of hydrazone groups is 1. The van der Waals surface area contributed by atoms with Gasteiger partial charge in [0.25, 0.3) is 17.5 Å². The van der Waals surface area contributed by atoms with Crippen LogP contribution < -0.4 is 20.2 Å². The Labute approximate surface area is 205 Å². The fourth-order valence-corrected chi connectivity index (χ4v) is 3.21. The minimum Gasteiger partial charge on any atom is -0.454 e. The van der Waals surface area contributed by atoms with Crippen molar-refractivity contribution in [3.63, 3.8) is 0 Å². The predicted octanol–water partition coefficient (Wildman–Crippen LogP) is 3.91. The minimum absolute atomic E-state index is 0.0326. The Kier molecular flexibility index (Phi) is 7.47. The van der Waals surface area contributed by atoms with Gasteiger partial charge < -0.3 is 14.8 Å². The molecule has 0 aromatic heterocycles. The molecule has 0 aliphatic carbocycles. The lowest BCUT2D eigenvalue weighted by Gasteiger charge is -2.09. The zero-order valence-electron chi connectivity index (χ0n) is 18.8. The topological polar surface area (TPSA) is 132 Å². The van der Waals surface area contributed by atoms with Crippen LogP contribution in [0, 0.1) is 10.1 Å². The Morgan fingerprint density at radius 3 is 2.56 bits per heavy atom. The molecule has 2 amide bonds. The Balaban J connectivity index is 1.48. The molecule has 3 aromatic rings. The lowest BCUT2D eigenvalue weighted by Crippen LogP contribution is -2.32. The highest BCUT2D eigenvalue weighted by Crippen LogP contribution is 2.33. The van der Waals surface area contributed by atoms with Crippen molar-refractivity contribution < 1.29 is 24.0 Å². The van der Waals surface area contributed by atoms with Crippen LogP contribution in [0.3, 0.4) is 0 Å². The van der Waals surface area contributed by atoms with Crippen LogP contribution in [0.2, 0.25) is 0 Å². The van der Waals surface area contributed by atoms with Gasteiger partial charge in [0, 0.05) is 23.9 Å². The number of non-ortho nitro benzene ring substituents is 1. The Hall–Kier alpha value is -5.25. The number of amides is 2. The summed E-state index contributed by atoms with van der Waals surface area (Å²) in [4.78, 5) is 35.9. The van der Waals surface area contributed by atoms with Crippen LogP contribution in [-0.4, -0.2) is 29.7 Å². The second kappa shape index (κ2) is 11.3. The standard InChI is InChI=1S/C26H20N4O6/c31-25(20-8-2-1-3-9-20)28-22(15-19-11-12-23-24(16-19)36-17-35-23)26(32)29-27-13-5-7-18-6-4-10-21(14-18)30(33)34/h1-16H,17H2,(H,28,31)(H,29,32)/b7-5+,22-15+,27-13-. The monoisotopic (exact) mass is 484 g/mol. The van der Waals surface area contributed by atoms with Crippen LogP contribution in [0.15, 0.2) is 89.7 Å². The molecular weight excluding hydrogens is 464 g/mol. The van der Waals surface area contributed by atoms with E-state index in [-0.39, 0.29) is 18.2 Å². The molecule has 3 aromatic carbocycles. The zero-order valence-corrected chi connectivity index (χ0v) is 18.8. The minimum atomic E-state index is -0.656. The normalized spacial score (nSPS) is 12.6. The number of hydrogen-bond donors (Lipinski definition) is 2. The maximum Gasteiger partial charge on any atom is 0.287 e. The summed E-state index contributed by atoms with van der Waals surface area (Å²) in [5, 5.41) is 17.4. The Morgan fingerprint density at radius 2 is 1.75 bits per heavy atom. The number of fused-ring (bicyclic) bond motifs is 1. The molecular formula is C26H20N4O6. The van der Waals surface area contributed by atoms with Gasteiger partial charge in [-0.25, -0.2) is 5.43 Å². The number of ether oxygens (including phenoxy) is 2. The van der Waals surface area contributed by atoms with Gasteiger partial charge in [0.2, 0.25) is 6.79 Å². The summed E-state index contributed by atoms with van der Waals surface area (Å²) in [6.07, 6.45) is 5.92. The summed E-state index contributed by atoms with van der Waals surface area (Å²) in [5.74, 6) is -0.00181. The summed E-state index contributed by atoms with van der Waals surface area (Å²) in [5.41, 5.74) is 3.87. The highest BCUT2D eigenvalue weighted by molar-refractivity contribution is 6.05. The number of allylic oxidation sites excluding steroid dienone is 1. The number of nitrogens with zero attached hydrogens (tertiary/aromatic N) is 2. The van der Waals surface area contributed by atoms with Gasteiger partial charge in [-0.2, -0.15) is 5.10 Å². The first-order chi connectivity index (χ1) is 17.5. The van der Waals surface area contributed by atoms with Crippen LogP contribution in [0.1, 0.15) is 21.5 Å².